The van der Waals surface area contributed by atoms with Gasteiger partial charge >= 0.3 is 11.9 Å². The SMILES string of the molecule is CC.CCC(=O)CC.CCC(=O)OC.CCC(C)=O.CN1C(=O)CCC1=O.COC(C)=O. The Bertz CT molecular complexity index is 472. The molecule has 0 aromatic carbocycles. The second-order valence-corrected chi connectivity index (χ2v) is 5.77. The Morgan fingerprint density at radius 1 is 0.750 bits per heavy atom. The molecule has 9 heteroatoms. The second kappa shape index (κ2) is 30.6. The van der Waals surface area contributed by atoms with E-state index in [2.05, 4.69) is 9.47 Å². The Kier molecular flexibility index (Phi) is 38.1. The van der Waals surface area contributed by atoms with E-state index in [0.29, 0.717) is 44.3 Å². The van der Waals surface area contributed by atoms with Gasteiger partial charge < -0.3 is 14.3 Å². The molecule has 0 aromatic heterocycles. The minimum absolute atomic E-state index is 0.0602. The van der Waals surface area contributed by atoms with Gasteiger partial charge in [0.2, 0.25) is 11.8 Å². The molecule has 0 aliphatic carbocycles. The van der Waals surface area contributed by atoms with Gasteiger partial charge in [-0.05, 0) is 6.92 Å². The van der Waals surface area contributed by atoms with Crippen molar-refractivity contribution in [2.24, 2.45) is 0 Å². The van der Waals surface area contributed by atoms with E-state index in [0.717, 1.165) is 0 Å². The molecule has 190 valence electrons. The molecule has 1 saturated heterocycles. The first-order chi connectivity index (χ1) is 14.9. The van der Waals surface area contributed by atoms with Crippen LogP contribution in [0.2, 0.25) is 0 Å². The van der Waals surface area contributed by atoms with Crippen LogP contribution in [0.3, 0.4) is 0 Å². The molecule has 9 nitrogen and oxygen atoms in total. The standard InChI is InChI=1S/C5H7NO2.C5H10O.C4H8O2.C4H8O.C3H6O2.C2H6/c1-6-4(7)2-3-5(6)8;1-3-5(6)4-2;1-3-4(5)6-2;1-3-4(2)5;1-3(4)5-2;1-2/h2-3H2,1H3;3-4H2,1-2H3;3H2,1-2H3;3H2,1-2H3;1-2H3;1-2H3. The predicted molar refractivity (Wildman–Crippen MR) is 125 cm³/mol. The van der Waals surface area contributed by atoms with Crippen molar-refractivity contribution in [3.05, 3.63) is 0 Å². The highest BCUT2D eigenvalue weighted by atomic mass is 16.5. The molecule has 32 heavy (non-hydrogen) atoms. The highest BCUT2D eigenvalue weighted by Crippen LogP contribution is 2.07. The average Bonchev–Trinajstić information content (AvgIpc) is 3.11. The summed E-state index contributed by atoms with van der Waals surface area (Å²) < 4.78 is 8.37. The molecule has 1 heterocycles. The summed E-state index contributed by atoms with van der Waals surface area (Å²) in [6.07, 6.45) is 3.31. The number of ketones is 2. The zero-order valence-electron chi connectivity index (χ0n) is 22.0. The van der Waals surface area contributed by atoms with E-state index < -0.39 is 0 Å². The van der Waals surface area contributed by atoms with Gasteiger partial charge in [-0.15, -0.1) is 0 Å². The first kappa shape index (κ1) is 39.8. The maximum atomic E-state index is 10.5. The maximum absolute atomic E-state index is 10.5. The Morgan fingerprint density at radius 2 is 1.06 bits per heavy atom. The van der Waals surface area contributed by atoms with Crippen LogP contribution in [-0.4, -0.2) is 61.5 Å². The quantitative estimate of drug-likeness (QED) is 0.454. The number of esters is 2. The van der Waals surface area contributed by atoms with Crippen LogP contribution in [0.4, 0.5) is 0 Å². The van der Waals surface area contributed by atoms with Gasteiger partial charge in [-0.3, -0.25) is 28.9 Å². The van der Waals surface area contributed by atoms with E-state index in [1.165, 1.54) is 33.1 Å². The summed E-state index contributed by atoms with van der Waals surface area (Å²) in [4.78, 5) is 61.7. The van der Waals surface area contributed by atoms with Gasteiger partial charge in [0, 0.05) is 52.5 Å². The number of nitrogens with zero attached hydrogens (tertiary/aromatic N) is 1. The summed E-state index contributed by atoms with van der Waals surface area (Å²) >= 11 is 0. The molecule has 0 saturated carbocycles. The molecule has 1 aliphatic rings. The zero-order chi connectivity index (χ0) is 26.7. The van der Waals surface area contributed by atoms with Gasteiger partial charge in [0.1, 0.15) is 11.6 Å². The van der Waals surface area contributed by atoms with Crippen molar-refractivity contribution in [1.82, 2.24) is 4.90 Å². The van der Waals surface area contributed by atoms with Crippen LogP contribution in [-0.2, 0) is 38.2 Å². The van der Waals surface area contributed by atoms with E-state index in [4.69, 9.17) is 0 Å². The number of hydrogen-bond acceptors (Lipinski definition) is 8. The molecule has 0 atom stereocenters. The van der Waals surface area contributed by atoms with Crippen LogP contribution in [0.25, 0.3) is 0 Å². The average molecular weight is 464 g/mol. The van der Waals surface area contributed by atoms with Crippen LogP contribution in [0, 0.1) is 0 Å². The van der Waals surface area contributed by atoms with Crippen LogP contribution in [0.1, 0.15) is 93.9 Å². The number of rotatable bonds is 4. The third-order valence-electron chi connectivity index (χ3n) is 3.39. The normalized spacial score (nSPS) is 10.5. The third kappa shape index (κ3) is 38.1. The smallest absolute Gasteiger partial charge is 0.305 e. The fourth-order valence-electron chi connectivity index (χ4n) is 1.08. The van der Waals surface area contributed by atoms with Crippen molar-refractivity contribution in [3.8, 4) is 0 Å². The fraction of sp³-hybridized carbons (Fsp3) is 0.739. The topological polar surface area (TPSA) is 124 Å². The lowest BCUT2D eigenvalue weighted by atomic mass is 10.3. The van der Waals surface area contributed by atoms with E-state index >= 15 is 0 Å². The highest BCUT2D eigenvalue weighted by molar-refractivity contribution is 6.01. The molecule has 1 fully saturated rings. The molecule has 1 rings (SSSR count). The van der Waals surface area contributed by atoms with E-state index in [1.54, 1.807) is 13.8 Å². The molecule has 0 bridgehead atoms. The Hall–Kier alpha value is -2.58. The number of amides is 2. The number of imide groups is 1. The molecule has 0 radical (unpaired) electrons. The molecule has 1 aliphatic heterocycles. The lowest BCUT2D eigenvalue weighted by molar-refractivity contribution is -0.140. The Balaban J connectivity index is -0.0000000943. The van der Waals surface area contributed by atoms with Crippen molar-refractivity contribution < 1.29 is 38.2 Å². The first-order valence-electron chi connectivity index (χ1n) is 10.8. The molecule has 2 amide bonds. The van der Waals surface area contributed by atoms with Gasteiger partial charge in [0.15, 0.2) is 0 Å². The molecular weight excluding hydrogens is 418 g/mol. The van der Waals surface area contributed by atoms with Gasteiger partial charge in [-0.25, -0.2) is 0 Å². The summed E-state index contributed by atoms with van der Waals surface area (Å²) in [6, 6.07) is 0. The predicted octanol–water partition coefficient (Wildman–Crippen LogP) is 3.90. The van der Waals surface area contributed by atoms with E-state index in [9.17, 15) is 28.8 Å². The van der Waals surface area contributed by atoms with Gasteiger partial charge in [0.25, 0.3) is 0 Å². The maximum Gasteiger partial charge on any atom is 0.305 e. The number of hydrogen-bond donors (Lipinski definition) is 0. The molecule has 0 spiro atoms. The zero-order valence-corrected chi connectivity index (χ0v) is 22.0. The van der Waals surface area contributed by atoms with Crippen molar-refractivity contribution in [3.63, 3.8) is 0 Å². The van der Waals surface area contributed by atoms with Crippen LogP contribution < -0.4 is 0 Å². The van der Waals surface area contributed by atoms with Gasteiger partial charge in [-0.2, -0.15) is 0 Å². The number of carbonyl (C=O) groups excluding carboxylic acids is 6. The lowest BCUT2D eigenvalue weighted by Crippen LogP contribution is -2.23. The van der Waals surface area contributed by atoms with Gasteiger partial charge in [-0.1, -0.05) is 41.5 Å². The number of likely N-dealkylation sites (tertiary alicyclic amines) is 1. The summed E-state index contributed by atoms with van der Waals surface area (Å²) in [6.45, 7) is 14.3. The highest BCUT2D eigenvalue weighted by Gasteiger charge is 2.24. The lowest BCUT2D eigenvalue weighted by Gasteiger charge is -2.01. The van der Waals surface area contributed by atoms with Crippen molar-refractivity contribution in [1.29, 1.82) is 0 Å². The number of carbonyl (C=O) groups is 6. The summed E-state index contributed by atoms with van der Waals surface area (Å²) in [7, 11) is 4.24. The van der Waals surface area contributed by atoms with Crippen LogP contribution in [0.5, 0.6) is 0 Å². The first-order valence-corrected chi connectivity index (χ1v) is 10.8. The second-order valence-electron chi connectivity index (χ2n) is 5.77. The minimum atomic E-state index is -0.245. The Labute approximate surface area is 194 Å². The van der Waals surface area contributed by atoms with Crippen molar-refractivity contribution in [2.75, 3.05) is 21.3 Å². The third-order valence-corrected chi connectivity index (χ3v) is 3.39. The summed E-state index contributed by atoms with van der Waals surface area (Å²) in [5, 5.41) is 0. The largest absolute Gasteiger partial charge is 0.469 e. The van der Waals surface area contributed by atoms with Crippen LogP contribution in [0.15, 0.2) is 0 Å². The van der Waals surface area contributed by atoms with Crippen LogP contribution >= 0.6 is 0 Å². The monoisotopic (exact) mass is 463 g/mol. The molecule has 0 aromatic rings. The van der Waals surface area contributed by atoms with Crippen molar-refractivity contribution >= 4 is 35.3 Å². The molecule has 0 N–H and O–H groups in total. The molecule has 0 unspecified atom stereocenters. The van der Waals surface area contributed by atoms with E-state index in [-0.39, 0.29) is 29.5 Å². The minimum Gasteiger partial charge on any atom is -0.469 e. The van der Waals surface area contributed by atoms with Gasteiger partial charge in [0.05, 0.1) is 14.2 Å². The number of ether oxygens (including phenoxy) is 2. The Morgan fingerprint density at radius 3 is 1.09 bits per heavy atom. The number of Topliss-reactive ketones (excluding diaryl/α,β-unsaturated/α-hetero) is 2. The molecular formula is C23H45NO8. The fourth-order valence-corrected chi connectivity index (χ4v) is 1.08. The van der Waals surface area contributed by atoms with E-state index in [1.807, 2.05) is 34.6 Å². The summed E-state index contributed by atoms with van der Waals surface area (Å²) in [5.41, 5.74) is 0. The number of methoxy groups -OCH3 is 2. The van der Waals surface area contributed by atoms with Crippen molar-refractivity contribution in [2.45, 2.75) is 93.9 Å². The summed E-state index contributed by atoms with van der Waals surface area (Å²) in [5.74, 6) is 0.0741.